The molecule has 2 rings (SSSR count). The van der Waals surface area contributed by atoms with Crippen LogP contribution < -0.4 is 4.90 Å². The van der Waals surface area contributed by atoms with Crippen molar-refractivity contribution in [2.24, 2.45) is 0 Å². The van der Waals surface area contributed by atoms with Gasteiger partial charge in [-0.1, -0.05) is 53.2 Å². The average Bonchev–Trinajstić information content (AvgIpc) is 2.40. The number of halogens is 2. The van der Waals surface area contributed by atoms with Gasteiger partial charge in [-0.25, -0.2) is 9.97 Å². The standard InChI is InChI=1S/C13H13Cl2N3S/c1-18(8-9-5-3-4-6-10(9)14)12-7-11(15)16-13(17-12)19-2/h3-7H,8H2,1-2H3. The minimum Gasteiger partial charge on any atom is -0.355 e. The Hall–Kier alpha value is -0.970. The largest absolute Gasteiger partial charge is 0.355 e. The van der Waals surface area contributed by atoms with Gasteiger partial charge >= 0.3 is 0 Å². The molecule has 1 heterocycles. The van der Waals surface area contributed by atoms with Crippen molar-refractivity contribution in [1.82, 2.24) is 9.97 Å². The van der Waals surface area contributed by atoms with E-state index in [-0.39, 0.29) is 0 Å². The number of benzene rings is 1. The van der Waals surface area contributed by atoms with Crippen molar-refractivity contribution < 1.29 is 0 Å². The van der Waals surface area contributed by atoms with Crippen LogP contribution in [0.15, 0.2) is 35.5 Å². The SMILES string of the molecule is CSc1nc(Cl)cc(N(C)Cc2ccccc2Cl)n1. The summed E-state index contributed by atoms with van der Waals surface area (Å²) in [6, 6.07) is 9.51. The van der Waals surface area contributed by atoms with Gasteiger partial charge < -0.3 is 4.90 Å². The van der Waals surface area contributed by atoms with Crippen LogP contribution in [0.5, 0.6) is 0 Å². The summed E-state index contributed by atoms with van der Waals surface area (Å²) < 4.78 is 0. The van der Waals surface area contributed by atoms with Crippen LogP contribution in [-0.4, -0.2) is 23.3 Å². The van der Waals surface area contributed by atoms with Crippen molar-refractivity contribution in [3.05, 3.63) is 46.1 Å². The fourth-order valence-electron chi connectivity index (χ4n) is 1.64. The molecule has 1 aromatic carbocycles. The van der Waals surface area contributed by atoms with Crippen molar-refractivity contribution in [2.75, 3.05) is 18.2 Å². The molecular formula is C13H13Cl2N3S. The van der Waals surface area contributed by atoms with Gasteiger partial charge in [0.15, 0.2) is 5.16 Å². The molecule has 19 heavy (non-hydrogen) atoms. The Morgan fingerprint density at radius 3 is 2.63 bits per heavy atom. The Kier molecular flexibility index (Phi) is 4.91. The van der Waals surface area contributed by atoms with Crippen molar-refractivity contribution in [3.8, 4) is 0 Å². The zero-order valence-corrected chi connectivity index (χ0v) is 12.9. The van der Waals surface area contributed by atoms with Crippen LogP contribution in [-0.2, 0) is 6.54 Å². The highest BCUT2D eigenvalue weighted by Gasteiger charge is 2.09. The highest BCUT2D eigenvalue weighted by atomic mass is 35.5. The fourth-order valence-corrected chi connectivity index (χ4v) is 2.43. The molecule has 6 heteroatoms. The highest BCUT2D eigenvalue weighted by molar-refractivity contribution is 7.98. The number of anilines is 1. The van der Waals surface area contributed by atoms with E-state index in [1.54, 1.807) is 6.07 Å². The van der Waals surface area contributed by atoms with Crippen LogP contribution in [0.25, 0.3) is 0 Å². The fraction of sp³-hybridized carbons (Fsp3) is 0.231. The summed E-state index contributed by atoms with van der Waals surface area (Å²) in [5.74, 6) is 0.782. The van der Waals surface area contributed by atoms with E-state index in [2.05, 4.69) is 9.97 Å². The first-order valence-corrected chi connectivity index (χ1v) is 7.61. The Bertz CT molecular complexity index is 578. The summed E-state index contributed by atoms with van der Waals surface area (Å²) in [4.78, 5) is 10.5. The number of hydrogen-bond acceptors (Lipinski definition) is 4. The lowest BCUT2D eigenvalue weighted by molar-refractivity contribution is 0.857. The van der Waals surface area contributed by atoms with Gasteiger partial charge in [0.05, 0.1) is 0 Å². The van der Waals surface area contributed by atoms with Gasteiger partial charge in [0.2, 0.25) is 0 Å². The third-order valence-corrected chi connectivity index (χ3v) is 3.71. The van der Waals surface area contributed by atoms with Gasteiger partial charge in [-0.2, -0.15) is 0 Å². The second-order valence-corrected chi connectivity index (χ2v) is 5.55. The lowest BCUT2D eigenvalue weighted by atomic mass is 10.2. The van der Waals surface area contributed by atoms with E-state index < -0.39 is 0 Å². The molecule has 0 N–H and O–H groups in total. The number of thioether (sulfide) groups is 1. The molecule has 0 fully saturated rings. The lowest BCUT2D eigenvalue weighted by Gasteiger charge is -2.19. The van der Waals surface area contributed by atoms with Crippen molar-refractivity contribution in [2.45, 2.75) is 11.7 Å². The van der Waals surface area contributed by atoms with Crippen LogP contribution in [0, 0.1) is 0 Å². The second kappa shape index (κ2) is 6.46. The molecule has 0 saturated carbocycles. The Morgan fingerprint density at radius 2 is 1.95 bits per heavy atom. The van der Waals surface area contributed by atoms with Crippen LogP contribution in [0.2, 0.25) is 10.2 Å². The maximum absolute atomic E-state index is 6.16. The van der Waals surface area contributed by atoms with Gasteiger partial charge in [0.1, 0.15) is 11.0 Å². The molecule has 0 spiro atoms. The molecule has 0 unspecified atom stereocenters. The summed E-state index contributed by atoms with van der Waals surface area (Å²) >= 11 is 13.6. The summed E-state index contributed by atoms with van der Waals surface area (Å²) in [6.07, 6.45) is 1.92. The molecule has 0 amide bonds. The number of rotatable bonds is 4. The van der Waals surface area contributed by atoms with Crippen molar-refractivity contribution >= 4 is 40.8 Å². The molecule has 100 valence electrons. The summed E-state index contributed by atoms with van der Waals surface area (Å²) in [6.45, 7) is 0.667. The van der Waals surface area contributed by atoms with E-state index in [9.17, 15) is 0 Å². The molecule has 0 aliphatic heterocycles. The maximum atomic E-state index is 6.16. The molecule has 1 aromatic heterocycles. The number of nitrogens with zero attached hydrogens (tertiary/aromatic N) is 3. The highest BCUT2D eigenvalue weighted by Crippen LogP contribution is 2.23. The van der Waals surface area contributed by atoms with Crippen LogP contribution in [0.1, 0.15) is 5.56 Å². The summed E-state index contributed by atoms with van der Waals surface area (Å²) in [7, 11) is 1.95. The predicted octanol–water partition coefficient (Wildman–Crippen LogP) is 4.14. The van der Waals surface area contributed by atoms with Crippen molar-refractivity contribution in [1.29, 1.82) is 0 Å². The summed E-state index contributed by atoms with van der Waals surface area (Å²) in [5, 5.41) is 1.86. The molecule has 0 saturated heterocycles. The van der Waals surface area contributed by atoms with Gasteiger partial charge in [0, 0.05) is 24.7 Å². The third kappa shape index (κ3) is 3.75. The number of hydrogen-bond donors (Lipinski definition) is 0. The third-order valence-electron chi connectivity index (χ3n) is 2.60. The van der Waals surface area contributed by atoms with Gasteiger partial charge in [-0.05, 0) is 17.9 Å². The molecule has 0 radical (unpaired) electrons. The first kappa shape index (κ1) is 14.4. The average molecular weight is 314 g/mol. The van der Waals surface area contributed by atoms with Gasteiger partial charge in [0.25, 0.3) is 0 Å². The van der Waals surface area contributed by atoms with E-state index in [1.807, 2.05) is 42.5 Å². The first-order valence-electron chi connectivity index (χ1n) is 5.63. The smallest absolute Gasteiger partial charge is 0.190 e. The molecule has 3 nitrogen and oxygen atoms in total. The Labute approximate surface area is 127 Å². The van der Waals surface area contributed by atoms with Gasteiger partial charge in [-0.3, -0.25) is 0 Å². The molecule has 0 aliphatic rings. The van der Waals surface area contributed by atoms with E-state index in [1.165, 1.54) is 11.8 Å². The maximum Gasteiger partial charge on any atom is 0.190 e. The van der Waals surface area contributed by atoms with E-state index in [0.29, 0.717) is 16.9 Å². The zero-order chi connectivity index (χ0) is 13.8. The normalized spacial score (nSPS) is 10.5. The van der Waals surface area contributed by atoms with Crippen LogP contribution in [0.3, 0.4) is 0 Å². The monoisotopic (exact) mass is 313 g/mol. The summed E-state index contributed by atoms with van der Waals surface area (Å²) in [5.41, 5.74) is 1.05. The Balaban J connectivity index is 2.22. The first-order chi connectivity index (χ1) is 9.10. The van der Waals surface area contributed by atoms with Crippen molar-refractivity contribution in [3.63, 3.8) is 0 Å². The predicted molar refractivity (Wildman–Crippen MR) is 82.4 cm³/mol. The zero-order valence-electron chi connectivity index (χ0n) is 10.6. The van der Waals surface area contributed by atoms with Gasteiger partial charge in [-0.15, -0.1) is 0 Å². The minimum absolute atomic E-state index is 0.445. The lowest BCUT2D eigenvalue weighted by Crippen LogP contribution is -2.18. The number of aromatic nitrogens is 2. The van der Waals surface area contributed by atoms with E-state index >= 15 is 0 Å². The topological polar surface area (TPSA) is 29.0 Å². The molecule has 0 aliphatic carbocycles. The molecule has 0 bridgehead atoms. The molecule has 0 atom stereocenters. The van der Waals surface area contributed by atoms with E-state index in [0.717, 1.165) is 16.4 Å². The quantitative estimate of drug-likeness (QED) is 0.482. The second-order valence-electron chi connectivity index (χ2n) is 3.98. The molecular weight excluding hydrogens is 301 g/mol. The van der Waals surface area contributed by atoms with E-state index in [4.69, 9.17) is 23.2 Å². The van der Waals surface area contributed by atoms with Crippen LogP contribution >= 0.6 is 35.0 Å². The minimum atomic E-state index is 0.445. The van der Waals surface area contributed by atoms with Crippen LogP contribution in [0.4, 0.5) is 5.82 Å². The Morgan fingerprint density at radius 1 is 1.21 bits per heavy atom. The molecule has 2 aromatic rings.